The first kappa shape index (κ1) is 33.7. The molecule has 0 bridgehead atoms. The SMILES string of the molecule is CCCCCCCCCCCC(=O)OCC(CC)(CO)COC(=O)c1ccccc1.O=C1OC(=O)c2ccccc21. The predicted octanol–water partition coefficient (Wildman–Crippen LogP) is 6.69. The van der Waals surface area contributed by atoms with Crippen LogP contribution in [0.1, 0.15) is 116 Å². The number of unbranched alkanes of at least 4 members (excludes halogenated alkanes) is 8. The Kier molecular flexibility index (Phi) is 15.4. The van der Waals surface area contributed by atoms with E-state index in [4.69, 9.17) is 9.47 Å². The van der Waals surface area contributed by atoms with E-state index in [1.54, 1.807) is 48.5 Å². The highest BCUT2D eigenvalue weighted by Gasteiger charge is 2.32. The van der Waals surface area contributed by atoms with Crippen LogP contribution in [-0.4, -0.2) is 48.8 Å². The monoisotopic (exact) mass is 568 g/mol. The van der Waals surface area contributed by atoms with Gasteiger partial charge in [-0.25, -0.2) is 14.4 Å². The second-order valence-electron chi connectivity index (χ2n) is 10.4. The number of hydrogen-bond acceptors (Lipinski definition) is 8. The van der Waals surface area contributed by atoms with Crippen LogP contribution >= 0.6 is 0 Å². The van der Waals surface area contributed by atoms with Crippen LogP contribution in [0.4, 0.5) is 0 Å². The van der Waals surface area contributed by atoms with Crippen LogP contribution in [-0.2, 0) is 19.0 Å². The van der Waals surface area contributed by atoms with Crippen molar-refractivity contribution >= 4 is 23.9 Å². The summed E-state index contributed by atoms with van der Waals surface area (Å²) in [6.45, 7) is 3.97. The van der Waals surface area contributed by atoms with Gasteiger partial charge < -0.3 is 19.3 Å². The smallest absolute Gasteiger partial charge is 0.346 e. The van der Waals surface area contributed by atoms with Crippen molar-refractivity contribution in [2.45, 2.75) is 84.5 Å². The molecule has 1 heterocycles. The molecule has 0 saturated carbocycles. The summed E-state index contributed by atoms with van der Waals surface area (Å²) in [5.74, 6) is -1.79. The van der Waals surface area contributed by atoms with Gasteiger partial charge in [0.25, 0.3) is 0 Å². The highest BCUT2D eigenvalue weighted by Crippen LogP contribution is 2.24. The van der Waals surface area contributed by atoms with Crippen molar-refractivity contribution in [1.82, 2.24) is 0 Å². The average Bonchev–Trinajstić information content (AvgIpc) is 3.30. The lowest BCUT2D eigenvalue weighted by Crippen LogP contribution is -2.37. The van der Waals surface area contributed by atoms with E-state index >= 15 is 0 Å². The first-order valence-electron chi connectivity index (χ1n) is 14.7. The Morgan fingerprint density at radius 1 is 0.732 bits per heavy atom. The van der Waals surface area contributed by atoms with Gasteiger partial charge in [0.15, 0.2) is 0 Å². The fourth-order valence-corrected chi connectivity index (χ4v) is 4.24. The summed E-state index contributed by atoms with van der Waals surface area (Å²) >= 11 is 0. The van der Waals surface area contributed by atoms with Gasteiger partial charge in [-0.3, -0.25) is 4.79 Å². The van der Waals surface area contributed by atoms with Crippen molar-refractivity contribution in [2.24, 2.45) is 5.41 Å². The fraction of sp³-hybridized carbons (Fsp3) is 0.515. The highest BCUT2D eigenvalue weighted by atomic mass is 16.6. The number of cyclic esters (lactones) is 2. The molecular formula is C33H44O8. The molecule has 2 aromatic carbocycles. The van der Waals surface area contributed by atoms with E-state index in [-0.39, 0.29) is 25.8 Å². The molecule has 8 nitrogen and oxygen atoms in total. The third kappa shape index (κ3) is 11.9. The van der Waals surface area contributed by atoms with Gasteiger partial charge in [0.1, 0.15) is 13.2 Å². The van der Waals surface area contributed by atoms with Crippen LogP contribution in [0.15, 0.2) is 54.6 Å². The molecule has 1 N–H and O–H groups in total. The third-order valence-electron chi connectivity index (χ3n) is 7.18. The van der Waals surface area contributed by atoms with Crippen molar-refractivity contribution in [3.63, 3.8) is 0 Å². The molecule has 0 aromatic heterocycles. The molecule has 1 unspecified atom stereocenters. The summed E-state index contributed by atoms with van der Waals surface area (Å²) in [6, 6.07) is 15.3. The third-order valence-corrected chi connectivity index (χ3v) is 7.18. The molecule has 8 heteroatoms. The van der Waals surface area contributed by atoms with Gasteiger partial charge in [-0.15, -0.1) is 0 Å². The zero-order valence-electron chi connectivity index (χ0n) is 24.4. The van der Waals surface area contributed by atoms with Crippen LogP contribution in [0.2, 0.25) is 0 Å². The molecule has 0 aliphatic carbocycles. The number of carbonyl (C=O) groups is 4. The highest BCUT2D eigenvalue weighted by molar-refractivity contribution is 6.14. The van der Waals surface area contributed by atoms with Crippen molar-refractivity contribution in [2.75, 3.05) is 19.8 Å². The van der Waals surface area contributed by atoms with Gasteiger partial charge in [-0.2, -0.15) is 0 Å². The molecule has 1 aliphatic heterocycles. The number of fused-ring (bicyclic) bond motifs is 1. The van der Waals surface area contributed by atoms with Crippen molar-refractivity contribution in [3.8, 4) is 0 Å². The quantitative estimate of drug-likeness (QED) is 0.0971. The van der Waals surface area contributed by atoms with Gasteiger partial charge >= 0.3 is 23.9 Å². The molecular weight excluding hydrogens is 524 g/mol. The lowest BCUT2D eigenvalue weighted by Gasteiger charge is -2.29. The number of esters is 4. The number of benzene rings is 2. The average molecular weight is 569 g/mol. The van der Waals surface area contributed by atoms with Crippen molar-refractivity contribution in [3.05, 3.63) is 71.3 Å². The number of rotatable bonds is 17. The summed E-state index contributed by atoms with van der Waals surface area (Å²) in [5, 5.41) is 9.84. The Bertz CT molecular complexity index is 1060. The van der Waals surface area contributed by atoms with Crippen molar-refractivity contribution < 1.29 is 38.5 Å². The molecule has 41 heavy (non-hydrogen) atoms. The Balaban J connectivity index is 0.000000438. The minimum atomic E-state index is -0.765. The van der Waals surface area contributed by atoms with Gasteiger partial charge in [-0.1, -0.05) is 95.5 Å². The van der Waals surface area contributed by atoms with E-state index in [0.29, 0.717) is 29.5 Å². The molecule has 224 valence electrons. The van der Waals surface area contributed by atoms with Crippen molar-refractivity contribution in [1.29, 1.82) is 0 Å². The first-order valence-corrected chi connectivity index (χ1v) is 14.7. The standard InChI is InChI=1S/C25H40O5.C8H4O3/c1-3-5-6-7-8-9-10-11-15-18-23(27)29-20-25(4-2,19-26)21-30-24(28)22-16-13-12-14-17-22;9-7-5-3-1-2-4-6(5)8(10)11-7/h12-14,16-17,26H,3-11,15,18-21H2,1-2H3;1-4H. The zero-order chi connectivity index (χ0) is 29.9. The molecule has 1 aliphatic rings. The minimum absolute atomic E-state index is 0.0129. The molecule has 0 fully saturated rings. The number of ether oxygens (including phenoxy) is 3. The van der Waals surface area contributed by atoms with E-state index in [9.17, 15) is 24.3 Å². The molecule has 3 rings (SSSR count). The summed E-state index contributed by atoms with van der Waals surface area (Å²) in [6.07, 6.45) is 11.7. The predicted molar refractivity (Wildman–Crippen MR) is 156 cm³/mol. The van der Waals surface area contributed by atoms with E-state index < -0.39 is 23.3 Å². The molecule has 2 aromatic rings. The maximum atomic E-state index is 12.2. The van der Waals surface area contributed by atoms with E-state index in [1.807, 2.05) is 13.0 Å². The summed E-state index contributed by atoms with van der Waals surface area (Å²) in [4.78, 5) is 45.9. The number of hydrogen-bond donors (Lipinski definition) is 1. The first-order chi connectivity index (χ1) is 19.9. The normalized spacial score (nSPS) is 13.3. The molecule has 0 amide bonds. The molecule has 1 atom stereocenters. The minimum Gasteiger partial charge on any atom is -0.465 e. The Morgan fingerprint density at radius 3 is 1.78 bits per heavy atom. The Labute approximate surface area is 243 Å². The van der Waals surface area contributed by atoms with E-state index in [2.05, 4.69) is 11.7 Å². The second kappa shape index (κ2) is 18.8. The lowest BCUT2D eigenvalue weighted by molar-refractivity contribution is -0.150. The maximum Gasteiger partial charge on any atom is 0.346 e. The molecule has 0 saturated heterocycles. The van der Waals surface area contributed by atoms with Gasteiger partial charge in [0, 0.05) is 6.42 Å². The van der Waals surface area contributed by atoms with E-state index in [1.165, 1.54) is 38.5 Å². The second-order valence-corrected chi connectivity index (χ2v) is 10.4. The van der Waals surface area contributed by atoms with Crippen LogP contribution < -0.4 is 0 Å². The van der Waals surface area contributed by atoms with Gasteiger partial charge in [0.2, 0.25) is 0 Å². The number of carbonyl (C=O) groups excluding carboxylic acids is 4. The fourth-order valence-electron chi connectivity index (χ4n) is 4.24. The summed E-state index contributed by atoms with van der Waals surface area (Å²) < 4.78 is 15.1. The van der Waals surface area contributed by atoms with Crippen LogP contribution in [0.5, 0.6) is 0 Å². The van der Waals surface area contributed by atoms with Crippen LogP contribution in [0, 0.1) is 5.41 Å². The topological polar surface area (TPSA) is 116 Å². The molecule has 0 radical (unpaired) electrons. The summed E-state index contributed by atoms with van der Waals surface area (Å²) in [7, 11) is 0. The molecule has 0 spiro atoms. The van der Waals surface area contributed by atoms with Gasteiger partial charge in [0.05, 0.1) is 28.7 Å². The van der Waals surface area contributed by atoms with Crippen LogP contribution in [0.25, 0.3) is 0 Å². The zero-order valence-corrected chi connectivity index (χ0v) is 24.4. The Morgan fingerprint density at radius 2 is 1.24 bits per heavy atom. The number of aliphatic hydroxyl groups is 1. The summed E-state index contributed by atoms with van der Waals surface area (Å²) in [5.41, 5.74) is 0.413. The number of aliphatic hydroxyl groups excluding tert-OH is 1. The lowest BCUT2D eigenvalue weighted by atomic mass is 9.88. The Hall–Kier alpha value is -3.52. The maximum absolute atomic E-state index is 12.2. The van der Waals surface area contributed by atoms with Crippen LogP contribution in [0.3, 0.4) is 0 Å². The largest absolute Gasteiger partial charge is 0.465 e. The van der Waals surface area contributed by atoms with E-state index in [0.717, 1.165) is 19.3 Å². The van der Waals surface area contributed by atoms with Gasteiger partial charge in [-0.05, 0) is 37.1 Å².